The van der Waals surface area contributed by atoms with Crippen LogP contribution < -0.4 is 4.90 Å². The molecule has 1 amide bonds. The lowest BCUT2D eigenvalue weighted by Gasteiger charge is -2.41. The molecular formula is C23H32N4O4. The van der Waals surface area contributed by atoms with Gasteiger partial charge in [0, 0.05) is 45.0 Å². The molecule has 168 valence electrons. The smallest absolute Gasteiger partial charge is 0.303 e. The number of likely N-dealkylation sites (N-methyl/N-ethyl adjacent to an activating group) is 1. The summed E-state index contributed by atoms with van der Waals surface area (Å²) in [6.07, 6.45) is 2.89. The molecule has 1 aliphatic rings. The van der Waals surface area contributed by atoms with Crippen molar-refractivity contribution in [1.29, 1.82) is 0 Å². The van der Waals surface area contributed by atoms with Gasteiger partial charge >= 0.3 is 5.97 Å². The van der Waals surface area contributed by atoms with Crippen LogP contribution in [0.5, 0.6) is 0 Å². The molecule has 3 rings (SSSR count). The van der Waals surface area contributed by atoms with Gasteiger partial charge in [-0.3, -0.25) is 14.6 Å². The van der Waals surface area contributed by atoms with E-state index < -0.39 is 17.0 Å². The van der Waals surface area contributed by atoms with E-state index in [9.17, 15) is 14.7 Å². The van der Waals surface area contributed by atoms with E-state index in [4.69, 9.17) is 5.11 Å². The number of aryl methyl sites for hydroxylation is 1. The number of carboxylic acids is 1. The van der Waals surface area contributed by atoms with E-state index in [0.29, 0.717) is 25.9 Å². The van der Waals surface area contributed by atoms with Gasteiger partial charge in [-0.15, -0.1) is 0 Å². The van der Waals surface area contributed by atoms with Gasteiger partial charge in [0.2, 0.25) is 5.91 Å². The summed E-state index contributed by atoms with van der Waals surface area (Å²) in [5.74, 6) is -1.07. The summed E-state index contributed by atoms with van der Waals surface area (Å²) in [6, 6.07) is 5.87. The Morgan fingerprint density at radius 1 is 1.19 bits per heavy atom. The van der Waals surface area contributed by atoms with Gasteiger partial charge in [-0.2, -0.15) is 0 Å². The van der Waals surface area contributed by atoms with E-state index in [0.717, 1.165) is 22.4 Å². The summed E-state index contributed by atoms with van der Waals surface area (Å²) in [5, 5.41) is 20.1. The molecule has 1 aliphatic heterocycles. The third-order valence-electron chi connectivity index (χ3n) is 5.95. The Bertz CT molecular complexity index is 967. The molecule has 0 atom stereocenters. The number of hydrogen-bond donors (Lipinski definition) is 2. The van der Waals surface area contributed by atoms with Gasteiger partial charge in [-0.1, -0.05) is 13.8 Å². The Labute approximate surface area is 182 Å². The number of pyridine rings is 2. The summed E-state index contributed by atoms with van der Waals surface area (Å²) in [4.78, 5) is 36.4. The predicted molar refractivity (Wildman–Crippen MR) is 119 cm³/mol. The van der Waals surface area contributed by atoms with Crippen molar-refractivity contribution in [3.05, 3.63) is 30.1 Å². The molecule has 0 aliphatic carbocycles. The van der Waals surface area contributed by atoms with Crippen molar-refractivity contribution in [3.63, 3.8) is 0 Å². The van der Waals surface area contributed by atoms with Crippen LogP contribution in [0.4, 0.5) is 5.69 Å². The van der Waals surface area contributed by atoms with Crippen molar-refractivity contribution in [2.24, 2.45) is 5.41 Å². The van der Waals surface area contributed by atoms with Crippen LogP contribution in [0.2, 0.25) is 0 Å². The van der Waals surface area contributed by atoms with E-state index in [1.165, 1.54) is 4.90 Å². The van der Waals surface area contributed by atoms with E-state index in [-0.39, 0.29) is 25.3 Å². The highest BCUT2D eigenvalue weighted by molar-refractivity contribution is 5.88. The number of fused-ring (bicyclic) bond motifs is 1. The van der Waals surface area contributed by atoms with Crippen LogP contribution in [-0.4, -0.2) is 69.2 Å². The maximum Gasteiger partial charge on any atom is 0.303 e. The Balaban J connectivity index is 1.63. The van der Waals surface area contributed by atoms with E-state index in [2.05, 4.69) is 14.9 Å². The predicted octanol–water partition coefficient (Wildman–Crippen LogP) is 2.62. The largest absolute Gasteiger partial charge is 0.481 e. The van der Waals surface area contributed by atoms with Crippen molar-refractivity contribution in [3.8, 4) is 0 Å². The van der Waals surface area contributed by atoms with Crippen LogP contribution in [0.25, 0.3) is 11.0 Å². The minimum absolute atomic E-state index is 0.0702. The molecule has 8 heteroatoms. The number of aliphatic carboxylic acids is 1. The first-order valence-electron chi connectivity index (χ1n) is 10.6. The van der Waals surface area contributed by atoms with E-state index >= 15 is 0 Å². The number of carbonyl (C=O) groups excluding carboxylic acids is 1. The molecule has 3 heterocycles. The van der Waals surface area contributed by atoms with E-state index in [1.807, 2.05) is 25.1 Å². The Morgan fingerprint density at radius 3 is 2.52 bits per heavy atom. The van der Waals surface area contributed by atoms with Crippen LogP contribution >= 0.6 is 0 Å². The molecule has 1 fully saturated rings. The number of aromatic nitrogens is 2. The number of hydrogen-bond acceptors (Lipinski definition) is 6. The topological polar surface area (TPSA) is 107 Å². The van der Waals surface area contributed by atoms with Gasteiger partial charge in [-0.25, -0.2) is 4.98 Å². The number of anilines is 1. The monoisotopic (exact) mass is 428 g/mol. The van der Waals surface area contributed by atoms with Gasteiger partial charge in [0.1, 0.15) is 5.52 Å². The van der Waals surface area contributed by atoms with Crippen LogP contribution in [0.15, 0.2) is 24.4 Å². The molecule has 0 unspecified atom stereocenters. The molecule has 0 bridgehead atoms. The summed E-state index contributed by atoms with van der Waals surface area (Å²) >= 11 is 0. The second kappa shape index (κ2) is 8.78. The SMILES string of the molecule is Cc1ccc2nccc(N3CCC(O)(CN(C)C(=O)CC(C)(C)CC(=O)O)CC3)c2n1. The highest BCUT2D eigenvalue weighted by Crippen LogP contribution is 2.31. The molecule has 2 aromatic heterocycles. The van der Waals surface area contributed by atoms with Crippen LogP contribution in [0.1, 0.15) is 45.2 Å². The Hall–Kier alpha value is -2.74. The van der Waals surface area contributed by atoms with Crippen LogP contribution in [-0.2, 0) is 9.59 Å². The molecule has 31 heavy (non-hydrogen) atoms. The average Bonchev–Trinajstić information content (AvgIpc) is 2.66. The molecule has 1 saturated heterocycles. The molecular weight excluding hydrogens is 396 g/mol. The standard InChI is InChI=1S/C23H32N4O4/c1-16-5-6-17-21(25-16)18(7-10-24-17)27-11-8-23(31,9-12-27)15-26(4)19(28)13-22(2,3)14-20(29)30/h5-7,10,31H,8-9,11-15H2,1-4H3,(H,29,30). The molecule has 0 spiro atoms. The van der Waals surface area contributed by atoms with Crippen LogP contribution in [0, 0.1) is 12.3 Å². The molecule has 2 aromatic rings. The number of piperidine rings is 1. The first-order valence-corrected chi connectivity index (χ1v) is 10.6. The quantitative estimate of drug-likeness (QED) is 0.698. The summed E-state index contributed by atoms with van der Waals surface area (Å²) < 4.78 is 0. The number of nitrogens with zero attached hydrogens (tertiary/aromatic N) is 4. The molecule has 0 saturated carbocycles. The maximum atomic E-state index is 12.6. The summed E-state index contributed by atoms with van der Waals surface area (Å²) in [6.45, 7) is 7.03. The molecule has 0 radical (unpaired) electrons. The van der Waals surface area contributed by atoms with Gasteiger partial charge in [0.15, 0.2) is 0 Å². The van der Waals surface area contributed by atoms with E-state index in [1.54, 1.807) is 27.1 Å². The van der Waals surface area contributed by atoms with Crippen molar-refractivity contribution in [2.75, 3.05) is 31.6 Å². The second-order valence-corrected chi connectivity index (χ2v) is 9.52. The summed E-state index contributed by atoms with van der Waals surface area (Å²) in [5.41, 5.74) is 2.05. The Morgan fingerprint density at radius 2 is 1.87 bits per heavy atom. The maximum absolute atomic E-state index is 12.6. The van der Waals surface area contributed by atoms with Crippen molar-refractivity contribution < 1.29 is 19.8 Å². The minimum atomic E-state index is -0.968. The Kier molecular flexibility index (Phi) is 6.50. The average molecular weight is 429 g/mol. The van der Waals surface area contributed by atoms with Gasteiger partial charge in [-0.05, 0) is 43.4 Å². The fourth-order valence-corrected chi connectivity index (χ4v) is 4.23. The number of aliphatic hydroxyl groups is 1. The zero-order valence-corrected chi connectivity index (χ0v) is 18.8. The van der Waals surface area contributed by atoms with Gasteiger partial charge < -0.3 is 20.0 Å². The molecule has 2 N–H and O–H groups in total. The number of amides is 1. The first-order chi connectivity index (χ1) is 14.5. The molecule has 8 nitrogen and oxygen atoms in total. The van der Waals surface area contributed by atoms with Gasteiger partial charge in [0.05, 0.1) is 23.2 Å². The highest BCUT2D eigenvalue weighted by Gasteiger charge is 2.36. The lowest BCUT2D eigenvalue weighted by Crippen LogP contribution is -2.51. The second-order valence-electron chi connectivity index (χ2n) is 9.52. The lowest BCUT2D eigenvalue weighted by molar-refractivity contribution is -0.141. The minimum Gasteiger partial charge on any atom is -0.481 e. The number of rotatable bonds is 7. The summed E-state index contributed by atoms with van der Waals surface area (Å²) in [7, 11) is 1.67. The fourth-order valence-electron chi connectivity index (χ4n) is 4.23. The first kappa shape index (κ1) is 22.9. The lowest BCUT2D eigenvalue weighted by atomic mass is 9.84. The van der Waals surface area contributed by atoms with Crippen molar-refractivity contribution >= 4 is 28.6 Å². The zero-order chi connectivity index (χ0) is 22.8. The number of carbonyl (C=O) groups is 2. The normalized spacial score (nSPS) is 16.4. The van der Waals surface area contributed by atoms with Crippen LogP contribution in [0.3, 0.4) is 0 Å². The van der Waals surface area contributed by atoms with Crippen molar-refractivity contribution in [2.45, 2.75) is 52.1 Å². The highest BCUT2D eigenvalue weighted by atomic mass is 16.4. The fraction of sp³-hybridized carbons (Fsp3) is 0.565. The zero-order valence-electron chi connectivity index (χ0n) is 18.8. The number of carboxylic acid groups (broad SMARTS) is 1. The third kappa shape index (κ3) is 5.70. The molecule has 0 aromatic carbocycles. The van der Waals surface area contributed by atoms with Gasteiger partial charge in [0.25, 0.3) is 0 Å². The third-order valence-corrected chi connectivity index (χ3v) is 5.95. The van der Waals surface area contributed by atoms with Crippen molar-refractivity contribution in [1.82, 2.24) is 14.9 Å².